The van der Waals surface area contributed by atoms with Crippen molar-refractivity contribution in [2.45, 2.75) is 58.0 Å². The number of nitrogens with zero attached hydrogens (tertiary/aromatic N) is 1. The Morgan fingerprint density at radius 1 is 1.12 bits per heavy atom. The van der Waals surface area contributed by atoms with Crippen LogP contribution in [0, 0.1) is 31.1 Å². The maximum atomic E-state index is 12.9. The van der Waals surface area contributed by atoms with Crippen molar-refractivity contribution in [3.63, 3.8) is 0 Å². The van der Waals surface area contributed by atoms with Crippen LogP contribution in [0.15, 0.2) is 24.3 Å². The monoisotopic (exact) mass is 451 g/mol. The lowest BCUT2D eigenvalue weighted by molar-refractivity contribution is -0.153. The maximum Gasteiger partial charge on any atom is 0.307 e. The zero-order valence-electron chi connectivity index (χ0n) is 18.1. The molecular formula is C24H25N3O4S. The topological polar surface area (TPSA) is 108 Å². The largest absolute Gasteiger partial charge is 0.458 e. The van der Waals surface area contributed by atoms with Crippen molar-refractivity contribution in [1.29, 1.82) is 5.26 Å². The standard InChI is InChI=1S/C24H25N3O4S/c1-14-15(2)32-23(18(14)13-25)27-21(29)16-6-8-17(9-7-16)26-22(30)19-12-20(28)31-24(19)10-4-3-5-11-24/h6-9,19H,3-5,10-12H2,1-2H3,(H,26,30)(H,27,29). The zero-order chi connectivity index (χ0) is 22.9. The first-order valence-electron chi connectivity index (χ1n) is 10.8. The highest BCUT2D eigenvalue weighted by Gasteiger charge is 2.52. The summed E-state index contributed by atoms with van der Waals surface area (Å²) in [7, 11) is 0. The fraction of sp³-hybridized carbons (Fsp3) is 0.417. The molecular weight excluding hydrogens is 426 g/mol. The minimum atomic E-state index is -0.672. The Hall–Kier alpha value is -3.18. The highest BCUT2D eigenvalue weighted by Crippen LogP contribution is 2.44. The summed E-state index contributed by atoms with van der Waals surface area (Å²) < 4.78 is 5.62. The summed E-state index contributed by atoms with van der Waals surface area (Å²) >= 11 is 1.37. The first-order chi connectivity index (χ1) is 15.3. The molecule has 4 rings (SSSR count). The van der Waals surface area contributed by atoms with Crippen molar-refractivity contribution in [3.05, 3.63) is 45.8 Å². The van der Waals surface area contributed by atoms with E-state index in [1.165, 1.54) is 11.3 Å². The molecule has 166 valence electrons. The number of rotatable bonds is 4. The number of amides is 2. The van der Waals surface area contributed by atoms with Crippen molar-refractivity contribution < 1.29 is 19.1 Å². The Kier molecular flexibility index (Phi) is 6.02. The Morgan fingerprint density at radius 3 is 2.47 bits per heavy atom. The van der Waals surface area contributed by atoms with Gasteiger partial charge in [0.15, 0.2) is 0 Å². The van der Waals surface area contributed by atoms with Crippen molar-refractivity contribution in [2.75, 3.05) is 10.6 Å². The van der Waals surface area contributed by atoms with Crippen LogP contribution in [0.1, 0.15) is 64.9 Å². The number of anilines is 2. The number of nitrogens with one attached hydrogen (secondary N) is 2. The molecule has 1 aromatic heterocycles. The summed E-state index contributed by atoms with van der Waals surface area (Å²) in [5, 5.41) is 15.6. The smallest absolute Gasteiger partial charge is 0.307 e. The first-order valence-corrected chi connectivity index (χ1v) is 11.6. The van der Waals surface area contributed by atoms with Gasteiger partial charge in [0.1, 0.15) is 16.7 Å². The minimum absolute atomic E-state index is 0.104. The number of carbonyl (C=O) groups is 3. The van der Waals surface area contributed by atoms with Gasteiger partial charge in [-0.2, -0.15) is 5.26 Å². The van der Waals surface area contributed by atoms with Crippen molar-refractivity contribution in [1.82, 2.24) is 0 Å². The van der Waals surface area contributed by atoms with Crippen molar-refractivity contribution >= 4 is 39.8 Å². The minimum Gasteiger partial charge on any atom is -0.458 e. The number of ether oxygens (including phenoxy) is 1. The van der Waals surface area contributed by atoms with E-state index >= 15 is 0 Å². The lowest BCUT2D eigenvalue weighted by Crippen LogP contribution is -2.43. The van der Waals surface area contributed by atoms with Gasteiger partial charge in [-0.25, -0.2) is 0 Å². The lowest BCUT2D eigenvalue weighted by atomic mass is 9.75. The third-order valence-electron chi connectivity index (χ3n) is 6.48. The van der Waals surface area contributed by atoms with Crippen LogP contribution in [-0.2, 0) is 14.3 Å². The van der Waals surface area contributed by atoms with E-state index in [9.17, 15) is 19.6 Å². The predicted molar refractivity (Wildman–Crippen MR) is 122 cm³/mol. The molecule has 2 N–H and O–H groups in total. The van der Waals surface area contributed by atoms with Crippen molar-refractivity contribution in [2.24, 2.45) is 5.92 Å². The van der Waals surface area contributed by atoms with Gasteiger partial charge >= 0.3 is 5.97 Å². The second-order valence-electron chi connectivity index (χ2n) is 8.48. The van der Waals surface area contributed by atoms with Gasteiger partial charge in [-0.15, -0.1) is 11.3 Å². The number of aryl methyl sites for hydroxylation is 1. The molecule has 32 heavy (non-hydrogen) atoms. The van der Waals surface area contributed by atoms with Gasteiger partial charge in [0, 0.05) is 16.1 Å². The van der Waals surface area contributed by atoms with Crippen LogP contribution >= 0.6 is 11.3 Å². The molecule has 1 aromatic carbocycles. The number of hydrogen-bond acceptors (Lipinski definition) is 6. The van der Waals surface area contributed by atoms with E-state index in [2.05, 4.69) is 16.7 Å². The molecule has 2 aliphatic rings. The Labute approximate surface area is 190 Å². The van der Waals surface area contributed by atoms with Crippen LogP contribution in [0.4, 0.5) is 10.7 Å². The van der Waals surface area contributed by atoms with Crippen LogP contribution in [0.2, 0.25) is 0 Å². The van der Waals surface area contributed by atoms with Gasteiger partial charge in [0.25, 0.3) is 5.91 Å². The normalized spacial score (nSPS) is 19.3. The van der Waals surface area contributed by atoms with E-state index in [-0.39, 0.29) is 24.2 Å². The number of thiophene rings is 1. The molecule has 1 spiro atoms. The van der Waals surface area contributed by atoms with E-state index in [4.69, 9.17) is 4.74 Å². The van der Waals surface area contributed by atoms with E-state index in [0.29, 0.717) is 21.8 Å². The molecule has 0 bridgehead atoms. The van der Waals surface area contributed by atoms with Crippen LogP contribution in [0.5, 0.6) is 0 Å². The van der Waals surface area contributed by atoms with Crippen LogP contribution < -0.4 is 10.6 Å². The maximum absolute atomic E-state index is 12.9. The quantitative estimate of drug-likeness (QED) is 0.656. The Morgan fingerprint density at radius 2 is 1.81 bits per heavy atom. The molecule has 1 atom stereocenters. The van der Waals surface area contributed by atoms with Gasteiger partial charge in [0.05, 0.1) is 17.9 Å². The average Bonchev–Trinajstić information content (AvgIpc) is 3.23. The predicted octanol–water partition coefficient (Wildman–Crippen LogP) is 4.69. The number of hydrogen-bond donors (Lipinski definition) is 2. The van der Waals surface area contributed by atoms with E-state index in [0.717, 1.165) is 42.5 Å². The Balaban J connectivity index is 1.43. The van der Waals surface area contributed by atoms with Gasteiger partial charge in [0.2, 0.25) is 5.91 Å². The molecule has 7 nitrogen and oxygen atoms in total. The number of esters is 1. The fourth-order valence-corrected chi connectivity index (χ4v) is 5.59. The number of benzene rings is 1. The van der Waals surface area contributed by atoms with E-state index in [1.54, 1.807) is 24.3 Å². The van der Waals surface area contributed by atoms with Gasteiger partial charge in [-0.3, -0.25) is 14.4 Å². The molecule has 8 heteroatoms. The average molecular weight is 452 g/mol. The van der Waals surface area contributed by atoms with E-state index in [1.807, 2.05) is 13.8 Å². The second kappa shape index (κ2) is 8.75. The van der Waals surface area contributed by atoms with Crippen LogP contribution in [-0.4, -0.2) is 23.4 Å². The SMILES string of the molecule is Cc1sc(NC(=O)c2ccc(NC(=O)C3CC(=O)OC34CCCCC4)cc2)c(C#N)c1C. The third-order valence-corrected chi connectivity index (χ3v) is 7.60. The molecule has 1 saturated carbocycles. The number of carbonyl (C=O) groups excluding carboxylic acids is 3. The molecule has 1 unspecified atom stereocenters. The molecule has 1 aliphatic carbocycles. The highest BCUT2D eigenvalue weighted by atomic mass is 32.1. The Bertz CT molecular complexity index is 1110. The molecule has 1 saturated heterocycles. The third kappa shape index (κ3) is 4.13. The molecule has 0 radical (unpaired) electrons. The molecule has 2 aromatic rings. The fourth-order valence-electron chi connectivity index (χ4n) is 4.58. The molecule has 2 fully saturated rings. The summed E-state index contributed by atoms with van der Waals surface area (Å²) in [5.74, 6) is -1.35. The molecule has 1 aliphatic heterocycles. The summed E-state index contributed by atoms with van der Waals surface area (Å²) in [6.07, 6.45) is 4.56. The highest BCUT2D eigenvalue weighted by molar-refractivity contribution is 7.16. The number of nitriles is 1. The first kappa shape index (κ1) is 22.0. The summed E-state index contributed by atoms with van der Waals surface area (Å²) in [4.78, 5) is 38.5. The van der Waals surface area contributed by atoms with Crippen LogP contribution in [0.3, 0.4) is 0 Å². The van der Waals surface area contributed by atoms with Gasteiger partial charge < -0.3 is 15.4 Å². The second-order valence-corrected chi connectivity index (χ2v) is 9.70. The molecule has 2 amide bonds. The summed E-state index contributed by atoms with van der Waals surface area (Å²) in [6.45, 7) is 3.77. The van der Waals surface area contributed by atoms with E-state index < -0.39 is 11.5 Å². The lowest BCUT2D eigenvalue weighted by Gasteiger charge is -2.36. The van der Waals surface area contributed by atoms with Gasteiger partial charge in [-0.1, -0.05) is 6.42 Å². The van der Waals surface area contributed by atoms with Crippen molar-refractivity contribution in [3.8, 4) is 6.07 Å². The summed E-state index contributed by atoms with van der Waals surface area (Å²) in [6, 6.07) is 8.71. The van der Waals surface area contributed by atoms with Crippen LogP contribution in [0.25, 0.3) is 0 Å². The molecule has 2 heterocycles. The summed E-state index contributed by atoms with van der Waals surface area (Å²) in [5.41, 5.74) is 1.65. The van der Waals surface area contributed by atoms with Gasteiger partial charge in [-0.05, 0) is 69.4 Å². The zero-order valence-corrected chi connectivity index (χ0v) is 18.9.